The summed E-state index contributed by atoms with van der Waals surface area (Å²) in [5, 5.41) is 0. The Balaban J connectivity index is 4.36. The molecule has 15 heavy (non-hydrogen) atoms. The molecule has 0 radical (unpaired) electrons. The van der Waals surface area contributed by atoms with Crippen molar-refractivity contribution in [2.75, 3.05) is 0 Å². The van der Waals surface area contributed by atoms with Crippen molar-refractivity contribution < 1.29 is 0 Å². The Labute approximate surface area is 97.2 Å². The van der Waals surface area contributed by atoms with Crippen LogP contribution >= 0.6 is 0 Å². The van der Waals surface area contributed by atoms with Crippen LogP contribution in [-0.2, 0) is 0 Å². The van der Waals surface area contributed by atoms with Crippen LogP contribution in [0.3, 0.4) is 0 Å². The van der Waals surface area contributed by atoms with Gasteiger partial charge in [-0.15, -0.1) is 0 Å². The highest BCUT2D eigenvalue weighted by molar-refractivity contribution is 5.03. The van der Waals surface area contributed by atoms with Crippen molar-refractivity contribution in [1.29, 1.82) is 0 Å². The van der Waals surface area contributed by atoms with Gasteiger partial charge in [-0.05, 0) is 37.5 Å². The monoisotopic (exact) mass is 210 g/mol. The Morgan fingerprint density at radius 3 is 2.00 bits per heavy atom. The fourth-order valence-corrected chi connectivity index (χ4v) is 2.81. The number of unbranched alkanes of at least 4 members (excludes halogenated alkanes) is 1. The van der Waals surface area contributed by atoms with Crippen molar-refractivity contribution in [2.45, 2.75) is 74.1 Å². The molecule has 0 fully saturated rings. The highest BCUT2D eigenvalue weighted by Gasteiger charge is 2.26. The number of hydrogen-bond acceptors (Lipinski definition) is 0. The maximum absolute atomic E-state index is 2.42. The molecule has 0 aliphatic rings. The first-order valence-corrected chi connectivity index (χ1v) is 6.35. The predicted molar refractivity (Wildman–Crippen MR) is 71.1 cm³/mol. The van der Waals surface area contributed by atoms with Crippen molar-refractivity contribution in [2.24, 2.45) is 10.8 Å². The first kappa shape index (κ1) is 14.7. The molecule has 0 saturated heterocycles. The van der Waals surface area contributed by atoms with Gasteiger partial charge in [0.05, 0.1) is 0 Å². The lowest BCUT2D eigenvalue weighted by atomic mass is 9.72. The summed E-state index contributed by atoms with van der Waals surface area (Å²) < 4.78 is 0. The maximum atomic E-state index is 2.42. The van der Waals surface area contributed by atoms with Crippen LogP contribution in [-0.4, -0.2) is 0 Å². The fraction of sp³-hybridized carbons (Fsp3) is 0.867. The van der Waals surface area contributed by atoms with Gasteiger partial charge in [-0.1, -0.05) is 59.1 Å². The Morgan fingerprint density at radius 2 is 1.60 bits per heavy atom. The lowest BCUT2D eigenvalue weighted by Gasteiger charge is -2.33. The van der Waals surface area contributed by atoms with Crippen LogP contribution in [0.5, 0.6) is 0 Å². The Hall–Kier alpha value is -0.260. The second-order valence-corrected chi connectivity index (χ2v) is 6.65. The van der Waals surface area contributed by atoms with Crippen LogP contribution in [0.25, 0.3) is 0 Å². The van der Waals surface area contributed by atoms with E-state index in [-0.39, 0.29) is 0 Å². The van der Waals surface area contributed by atoms with Crippen molar-refractivity contribution in [3.05, 3.63) is 11.6 Å². The van der Waals surface area contributed by atoms with E-state index >= 15 is 0 Å². The van der Waals surface area contributed by atoms with Gasteiger partial charge in [0.25, 0.3) is 0 Å². The van der Waals surface area contributed by atoms with Gasteiger partial charge in [0.2, 0.25) is 0 Å². The van der Waals surface area contributed by atoms with Gasteiger partial charge in [-0.3, -0.25) is 0 Å². The average molecular weight is 210 g/mol. The maximum Gasteiger partial charge on any atom is -0.0167 e. The molecule has 90 valence electrons. The van der Waals surface area contributed by atoms with Crippen molar-refractivity contribution >= 4 is 0 Å². The summed E-state index contributed by atoms with van der Waals surface area (Å²) in [6.07, 6.45) is 7.72. The van der Waals surface area contributed by atoms with Gasteiger partial charge in [0.15, 0.2) is 0 Å². The Bertz CT molecular complexity index is 202. The zero-order chi connectivity index (χ0) is 12.1. The molecule has 0 bridgehead atoms. The highest BCUT2D eigenvalue weighted by atomic mass is 14.3. The summed E-state index contributed by atoms with van der Waals surface area (Å²) in [5.41, 5.74) is 2.26. The highest BCUT2D eigenvalue weighted by Crippen LogP contribution is 2.38. The largest absolute Gasteiger partial charge is 0.0802 e. The Morgan fingerprint density at radius 1 is 1.07 bits per heavy atom. The summed E-state index contributed by atoms with van der Waals surface area (Å²) in [5.74, 6) is 0. The van der Waals surface area contributed by atoms with E-state index in [4.69, 9.17) is 0 Å². The normalized spacial score (nSPS) is 12.7. The molecule has 0 nitrogen and oxygen atoms in total. The molecule has 0 atom stereocenters. The number of hydrogen-bond donors (Lipinski definition) is 0. The molecule has 0 heterocycles. The zero-order valence-electron chi connectivity index (χ0n) is 11.9. The summed E-state index contributed by atoms with van der Waals surface area (Å²) in [6.45, 7) is 16.2. The third-order valence-corrected chi connectivity index (χ3v) is 2.82. The van der Waals surface area contributed by atoms with Crippen LogP contribution < -0.4 is 0 Å². The smallest absolute Gasteiger partial charge is 0.0167 e. The van der Waals surface area contributed by atoms with Gasteiger partial charge in [0, 0.05) is 0 Å². The Kier molecular flexibility index (Phi) is 5.62. The molecule has 0 rings (SSSR count). The van der Waals surface area contributed by atoms with E-state index in [0.29, 0.717) is 10.8 Å². The SMILES string of the molecule is CCCCC(C)(C)CC(C)(C)C=C(C)C. The molecule has 0 amide bonds. The van der Waals surface area contributed by atoms with Crippen LogP contribution in [0.2, 0.25) is 0 Å². The topological polar surface area (TPSA) is 0 Å². The van der Waals surface area contributed by atoms with Gasteiger partial charge < -0.3 is 0 Å². The van der Waals surface area contributed by atoms with E-state index in [2.05, 4.69) is 54.5 Å². The van der Waals surface area contributed by atoms with Gasteiger partial charge in [-0.2, -0.15) is 0 Å². The summed E-state index contributed by atoms with van der Waals surface area (Å²) in [4.78, 5) is 0. The molecule has 0 unspecified atom stereocenters. The van der Waals surface area contributed by atoms with Gasteiger partial charge >= 0.3 is 0 Å². The minimum absolute atomic E-state index is 0.343. The van der Waals surface area contributed by atoms with E-state index in [1.165, 1.54) is 31.3 Å². The number of allylic oxidation sites excluding steroid dienone is 2. The van der Waals surface area contributed by atoms with E-state index in [1.54, 1.807) is 0 Å². The standard InChI is InChI=1S/C15H30/c1-8-9-10-14(4,5)12-15(6,7)11-13(2)3/h11H,8-10,12H2,1-7H3. The summed E-state index contributed by atoms with van der Waals surface area (Å²) in [6, 6.07) is 0. The van der Waals surface area contributed by atoms with Crippen molar-refractivity contribution in [3.63, 3.8) is 0 Å². The second-order valence-electron chi connectivity index (χ2n) is 6.65. The lowest BCUT2D eigenvalue weighted by Crippen LogP contribution is -2.21. The van der Waals surface area contributed by atoms with Crippen molar-refractivity contribution in [3.8, 4) is 0 Å². The molecule has 0 aromatic carbocycles. The zero-order valence-corrected chi connectivity index (χ0v) is 11.9. The van der Waals surface area contributed by atoms with Gasteiger partial charge in [0.1, 0.15) is 0 Å². The average Bonchev–Trinajstić information content (AvgIpc) is 1.95. The molecule has 0 aromatic heterocycles. The first-order valence-electron chi connectivity index (χ1n) is 6.35. The fourth-order valence-electron chi connectivity index (χ4n) is 2.81. The van der Waals surface area contributed by atoms with Crippen LogP contribution in [0, 0.1) is 10.8 Å². The predicted octanol–water partition coefficient (Wildman–Crippen LogP) is 5.59. The third kappa shape index (κ3) is 7.64. The quantitative estimate of drug-likeness (QED) is 0.502. The molecule has 0 aliphatic carbocycles. The van der Waals surface area contributed by atoms with Crippen LogP contribution in [0.15, 0.2) is 11.6 Å². The first-order chi connectivity index (χ1) is 6.68. The second kappa shape index (κ2) is 5.72. The van der Waals surface area contributed by atoms with E-state index in [1.807, 2.05) is 0 Å². The van der Waals surface area contributed by atoms with Gasteiger partial charge in [-0.25, -0.2) is 0 Å². The minimum Gasteiger partial charge on any atom is -0.0802 e. The number of rotatable bonds is 6. The molecule has 0 saturated carbocycles. The molecule has 0 aliphatic heterocycles. The summed E-state index contributed by atoms with van der Waals surface area (Å²) in [7, 11) is 0. The van der Waals surface area contributed by atoms with Crippen LogP contribution in [0.1, 0.15) is 74.1 Å². The molecule has 0 spiro atoms. The van der Waals surface area contributed by atoms with Crippen molar-refractivity contribution in [1.82, 2.24) is 0 Å². The molecular weight excluding hydrogens is 180 g/mol. The van der Waals surface area contributed by atoms with E-state index in [0.717, 1.165) is 0 Å². The summed E-state index contributed by atoms with van der Waals surface area (Å²) >= 11 is 0. The minimum atomic E-state index is 0.343. The molecule has 0 aromatic rings. The molecular formula is C15H30. The lowest BCUT2D eigenvalue weighted by molar-refractivity contribution is 0.216. The third-order valence-electron chi connectivity index (χ3n) is 2.82. The van der Waals surface area contributed by atoms with E-state index < -0.39 is 0 Å². The van der Waals surface area contributed by atoms with E-state index in [9.17, 15) is 0 Å². The molecule has 0 N–H and O–H groups in total. The van der Waals surface area contributed by atoms with Crippen LogP contribution in [0.4, 0.5) is 0 Å². The molecule has 0 heteroatoms.